The van der Waals surface area contributed by atoms with E-state index in [4.69, 9.17) is 0 Å². The molecule has 19 heavy (non-hydrogen) atoms. The quantitative estimate of drug-likeness (QED) is 0.625. The van der Waals surface area contributed by atoms with Crippen LogP contribution in [0.25, 0.3) is 16.8 Å². The molecule has 3 aromatic rings. The molecule has 0 spiro atoms. The zero-order chi connectivity index (χ0) is 12.9. The van der Waals surface area contributed by atoms with Crippen molar-refractivity contribution in [3.05, 3.63) is 82.5 Å². The minimum atomic E-state index is -0.273. The summed E-state index contributed by atoms with van der Waals surface area (Å²) in [7, 11) is 0. The van der Waals surface area contributed by atoms with Gasteiger partial charge < -0.3 is 0 Å². The first-order valence-corrected chi connectivity index (χ1v) is 8.80. The second kappa shape index (κ2) is 6.06. The molecule has 0 radical (unpaired) electrons. The summed E-state index contributed by atoms with van der Waals surface area (Å²) in [5.74, 6) is 0. The molecule has 0 saturated carbocycles. The fourth-order valence-corrected chi connectivity index (χ4v) is 4.45. The molecule has 0 aromatic heterocycles. The first-order chi connectivity index (χ1) is 9.43. The zero-order valence-electron chi connectivity index (χ0n) is 10.5. The first-order valence-electron chi connectivity index (χ1n) is 6.29. The van der Waals surface area contributed by atoms with Crippen molar-refractivity contribution < 1.29 is 0 Å². The van der Waals surface area contributed by atoms with Crippen LogP contribution >= 0.6 is 0 Å². The predicted molar refractivity (Wildman–Crippen MR) is 84.8 cm³/mol. The van der Waals surface area contributed by atoms with Crippen LogP contribution in [0.1, 0.15) is 5.56 Å². The summed E-state index contributed by atoms with van der Waals surface area (Å²) in [4.78, 5) is 0. The van der Waals surface area contributed by atoms with Crippen LogP contribution in [0.15, 0.2) is 76.9 Å². The molecule has 0 aliphatic carbocycles. The van der Waals surface area contributed by atoms with Crippen molar-refractivity contribution in [1.29, 1.82) is 0 Å². The number of hydrogen-bond acceptors (Lipinski definition) is 0. The van der Waals surface area contributed by atoms with Gasteiger partial charge in [0.1, 0.15) is 0 Å². The standard InChI is InChI=1S/C18H14Te/c1-2-7-15(8-3-1)13-14-19-18-12-6-10-16-9-4-5-11-17(16)18/h1-14H/b14-13+. The van der Waals surface area contributed by atoms with Crippen molar-refractivity contribution in [2.75, 3.05) is 0 Å². The molecule has 0 saturated heterocycles. The third kappa shape index (κ3) is 3.07. The molecule has 0 unspecified atom stereocenters. The number of rotatable bonds is 3. The Labute approximate surface area is 123 Å². The van der Waals surface area contributed by atoms with Crippen LogP contribution in [0.4, 0.5) is 0 Å². The van der Waals surface area contributed by atoms with Crippen molar-refractivity contribution in [2.45, 2.75) is 0 Å². The molecular formula is C18H14Te. The number of benzene rings is 3. The van der Waals surface area contributed by atoms with Crippen molar-refractivity contribution >= 4 is 41.4 Å². The Hall–Kier alpha value is -1.55. The third-order valence-corrected chi connectivity index (χ3v) is 5.52. The van der Waals surface area contributed by atoms with E-state index in [1.807, 2.05) is 0 Å². The maximum atomic E-state index is 2.36. The summed E-state index contributed by atoms with van der Waals surface area (Å²) in [6.07, 6.45) is 2.24. The maximum absolute atomic E-state index is 2.36. The molecule has 0 nitrogen and oxygen atoms in total. The van der Waals surface area contributed by atoms with Crippen LogP contribution in [-0.2, 0) is 0 Å². The molecule has 0 aliphatic heterocycles. The molecule has 92 valence electrons. The summed E-state index contributed by atoms with van der Waals surface area (Å²) in [6.45, 7) is 0. The van der Waals surface area contributed by atoms with E-state index >= 15 is 0 Å². The predicted octanol–water partition coefficient (Wildman–Crippen LogP) is 3.84. The Morgan fingerprint density at radius 3 is 2.32 bits per heavy atom. The van der Waals surface area contributed by atoms with Crippen molar-refractivity contribution in [3.8, 4) is 0 Å². The van der Waals surface area contributed by atoms with Gasteiger partial charge in [-0.15, -0.1) is 0 Å². The van der Waals surface area contributed by atoms with Crippen LogP contribution in [0.2, 0.25) is 0 Å². The molecule has 0 N–H and O–H groups in total. The molecule has 3 rings (SSSR count). The summed E-state index contributed by atoms with van der Waals surface area (Å²) in [6, 6.07) is 25.8. The fourth-order valence-electron chi connectivity index (χ4n) is 2.05. The van der Waals surface area contributed by atoms with Gasteiger partial charge in [0.2, 0.25) is 0 Å². The van der Waals surface area contributed by atoms with E-state index in [9.17, 15) is 0 Å². The van der Waals surface area contributed by atoms with Gasteiger partial charge >= 0.3 is 124 Å². The van der Waals surface area contributed by atoms with Crippen LogP contribution in [0.3, 0.4) is 0 Å². The number of fused-ring (bicyclic) bond motifs is 1. The monoisotopic (exact) mass is 360 g/mol. The summed E-state index contributed by atoms with van der Waals surface area (Å²) < 4.78 is 3.87. The summed E-state index contributed by atoms with van der Waals surface area (Å²) in [5.41, 5.74) is 1.29. The molecule has 1 heteroatoms. The summed E-state index contributed by atoms with van der Waals surface area (Å²) in [5, 5.41) is 2.75. The van der Waals surface area contributed by atoms with Crippen LogP contribution in [0.5, 0.6) is 0 Å². The Morgan fingerprint density at radius 2 is 1.42 bits per heavy atom. The topological polar surface area (TPSA) is 0 Å². The molecule has 0 atom stereocenters. The van der Waals surface area contributed by atoms with E-state index in [0.717, 1.165) is 0 Å². The van der Waals surface area contributed by atoms with E-state index in [-0.39, 0.29) is 20.9 Å². The molecular weight excluding hydrogens is 344 g/mol. The molecule has 0 heterocycles. The molecule has 0 amide bonds. The van der Waals surface area contributed by atoms with Gasteiger partial charge in [-0.05, 0) is 0 Å². The van der Waals surface area contributed by atoms with E-state index in [2.05, 4.69) is 83.0 Å². The van der Waals surface area contributed by atoms with Gasteiger partial charge in [0.05, 0.1) is 0 Å². The second-order valence-electron chi connectivity index (χ2n) is 4.31. The Bertz CT molecular complexity index is 694. The molecule has 0 aliphatic rings. The van der Waals surface area contributed by atoms with Gasteiger partial charge in [0.25, 0.3) is 0 Å². The van der Waals surface area contributed by atoms with Gasteiger partial charge in [-0.25, -0.2) is 0 Å². The van der Waals surface area contributed by atoms with E-state index in [0.29, 0.717) is 0 Å². The third-order valence-electron chi connectivity index (χ3n) is 3.00. The van der Waals surface area contributed by atoms with Gasteiger partial charge in [-0.3, -0.25) is 0 Å². The van der Waals surface area contributed by atoms with Gasteiger partial charge in [0, 0.05) is 0 Å². The van der Waals surface area contributed by atoms with Crippen LogP contribution in [-0.4, -0.2) is 20.9 Å². The normalized spacial score (nSPS) is 11.2. The molecule has 0 bridgehead atoms. The van der Waals surface area contributed by atoms with Gasteiger partial charge in [-0.2, -0.15) is 0 Å². The Balaban J connectivity index is 1.84. The second-order valence-corrected chi connectivity index (χ2v) is 7.01. The van der Waals surface area contributed by atoms with E-state index in [1.54, 1.807) is 0 Å². The Kier molecular flexibility index (Phi) is 3.98. The van der Waals surface area contributed by atoms with Crippen LogP contribution in [0, 0.1) is 0 Å². The first kappa shape index (κ1) is 12.5. The van der Waals surface area contributed by atoms with E-state index in [1.165, 1.54) is 19.9 Å². The van der Waals surface area contributed by atoms with Gasteiger partial charge in [0.15, 0.2) is 0 Å². The van der Waals surface area contributed by atoms with Crippen molar-refractivity contribution in [1.82, 2.24) is 0 Å². The van der Waals surface area contributed by atoms with Crippen LogP contribution < -0.4 is 3.61 Å². The average molecular weight is 358 g/mol. The minimum absolute atomic E-state index is 0.273. The molecule has 0 fully saturated rings. The SMILES string of the molecule is C(=C\c1ccccc1)/[Te]c1cccc2ccccc12. The molecule has 3 aromatic carbocycles. The average Bonchev–Trinajstić information content (AvgIpc) is 2.49. The Morgan fingerprint density at radius 1 is 0.684 bits per heavy atom. The van der Waals surface area contributed by atoms with Crippen molar-refractivity contribution in [2.24, 2.45) is 0 Å². The van der Waals surface area contributed by atoms with E-state index < -0.39 is 0 Å². The summed E-state index contributed by atoms with van der Waals surface area (Å²) >= 11 is -0.273. The zero-order valence-corrected chi connectivity index (χ0v) is 12.8. The number of hydrogen-bond donors (Lipinski definition) is 0. The van der Waals surface area contributed by atoms with Crippen molar-refractivity contribution in [3.63, 3.8) is 0 Å². The van der Waals surface area contributed by atoms with Gasteiger partial charge in [-0.1, -0.05) is 0 Å². The fraction of sp³-hybridized carbons (Fsp3) is 0.